The Morgan fingerprint density at radius 3 is 2.76 bits per heavy atom. The molecule has 4 N–H and O–H groups in total. The Morgan fingerprint density at radius 1 is 1.29 bits per heavy atom. The number of fused-ring (bicyclic) bond motifs is 5. The molecule has 184 valence electrons. The minimum Gasteiger partial charge on any atom is -0.494 e. The van der Waals surface area contributed by atoms with Gasteiger partial charge < -0.3 is 25.6 Å². The molecule has 4 aliphatic rings. The van der Waals surface area contributed by atoms with Crippen LogP contribution in [0.4, 0.5) is 5.69 Å². The Bertz CT molecular complexity index is 975. The first-order valence-corrected chi connectivity index (χ1v) is 12.4. The molecule has 0 saturated carbocycles. The molecule has 1 amide bonds. The zero-order valence-electron chi connectivity index (χ0n) is 19.9. The predicted molar refractivity (Wildman–Crippen MR) is 126 cm³/mol. The molecule has 1 aromatic rings. The average molecular weight is 470 g/mol. The fourth-order valence-corrected chi connectivity index (χ4v) is 7.03. The van der Waals surface area contributed by atoms with Crippen molar-refractivity contribution in [3.05, 3.63) is 23.3 Å². The normalized spacial score (nSPS) is 35.2. The monoisotopic (exact) mass is 469 g/mol. The standard InChI is InChI=1S/C25H35N5O4/c1-29-18-10-15(12-31)23(29)19-9-14-6-7-16(28-25(33)17-5-3-4-8-27-17)24(34-2)22(14)21(13-32)30(19)20(18)11-26/h6-7,15,17-21,23,27,31-32H,3-5,8-10,12-13H2,1-2H3,(H,28,33)/t15-,17-,18-,19-,20+,21-,23+/m0/s1. The highest BCUT2D eigenvalue weighted by Gasteiger charge is 2.58. The maximum Gasteiger partial charge on any atom is 0.241 e. The molecule has 5 rings (SSSR count). The van der Waals surface area contributed by atoms with Crippen LogP contribution >= 0.6 is 0 Å². The molecule has 0 unspecified atom stereocenters. The molecule has 3 fully saturated rings. The topological polar surface area (TPSA) is 121 Å². The van der Waals surface area contributed by atoms with Crippen molar-refractivity contribution in [1.29, 1.82) is 5.26 Å². The van der Waals surface area contributed by atoms with Gasteiger partial charge in [-0.15, -0.1) is 0 Å². The third-order valence-electron chi connectivity index (χ3n) is 8.52. The van der Waals surface area contributed by atoms with Crippen molar-refractivity contribution in [1.82, 2.24) is 15.1 Å². The van der Waals surface area contributed by atoms with Crippen molar-refractivity contribution in [3.63, 3.8) is 0 Å². The maximum absolute atomic E-state index is 12.9. The summed E-state index contributed by atoms with van der Waals surface area (Å²) in [5.41, 5.74) is 2.49. The molecule has 0 aromatic heterocycles. The van der Waals surface area contributed by atoms with Crippen molar-refractivity contribution in [2.45, 2.75) is 68.4 Å². The number of piperazine rings is 1. The van der Waals surface area contributed by atoms with Gasteiger partial charge in [-0.05, 0) is 50.9 Å². The number of nitriles is 1. The minimum absolute atomic E-state index is 0.00487. The first kappa shape index (κ1) is 23.5. The van der Waals surface area contributed by atoms with E-state index in [-0.39, 0.29) is 49.2 Å². The first-order chi connectivity index (χ1) is 16.5. The number of likely N-dealkylation sites (N-methyl/N-ethyl adjacent to an activating group) is 1. The lowest BCUT2D eigenvalue weighted by Gasteiger charge is -2.54. The van der Waals surface area contributed by atoms with E-state index in [9.17, 15) is 20.3 Å². The number of benzene rings is 1. The van der Waals surface area contributed by atoms with E-state index >= 15 is 0 Å². The number of piperidine rings is 1. The van der Waals surface area contributed by atoms with Crippen molar-refractivity contribution >= 4 is 11.6 Å². The van der Waals surface area contributed by atoms with Gasteiger partial charge in [0.2, 0.25) is 5.91 Å². The highest BCUT2D eigenvalue weighted by atomic mass is 16.5. The summed E-state index contributed by atoms with van der Waals surface area (Å²) < 4.78 is 5.84. The van der Waals surface area contributed by atoms with E-state index in [1.54, 1.807) is 7.11 Å². The molecule has 3 saturated heterocycles. The summed E-state index contributed by atoms with van der Waals surface area (Å²) in [5.74, 6) is 0.580. The third-order valence-corrected chi connectivity index (χ3v) is 8.52. The lowest BCUT2D eigenvalue weighted by Crippen LogP contribution is -2.66. The minimum atomic E-state index is -0.422. The van der Waals surface area contributed by atoms with Crippen LogP contribution in [0.3, 0.4) is 0 Å². The predicted octanol–water partition coefficient (Wildman–Crippen LogP) is 0.623. The van der Waals surface area contributed by atoms with E-state index in [2.05, 4.69) is 33.6 Å². The second-order valence-corrected chi connectivity index (χ2v) is 10.1. The summed E-state index contributed by atoms with van der Waals surface area (Å²) in [6.07, 6.45) is 4.37. The number of aliphatic hydroxyl groups excluding tert-OH is 2. The third kappa shape index (κ3) is 3.60. The van der Waals surface area contributed by atoms with E-state index in [4.69, 9.17) is 4.74 Å². The Morgan fingerprint density at radius 2 is 2.12 bits per heavy atom. The number of rotatable bonds is 5. The van der Waals surface area contributed by atoms with Crippen LogP contribution in [-0.2, 0) is 11.2 Å². The van der Waals surface area contributed by atoms with Crippen LogP contribution in [0, 0.1) is 17.2 Å². The van der Waals surface area contributed by atoms with Crippen LogP contribution in [0.2, 0.25) is 0 Å². The number of methoxy groups -OCH3 is 1. The van der Waals surface area contributed by atoms with Gasteiger partial charge in [0.05, 0.1) is 37.6 Å². The highest BCUT2D eigenvalue weighted by Crippen LogP contribution is 2.50. The second kappa shape index (κ2) is 9.44. The second-order valence-electron chi connectivity index (χ2n) is 10.1. The van der Waals surface area contributed by atoms with Crippen molar-refractivity contribution in [2.24, 2.45) is 5.92 Å². The van der Waals surface area contributed by atoms with Crippen molar-refractivity contribution in [2.75, 3.05) is 39.2 Å². The summed E-state index contributed by atoms with van der Waals surface area (Å²) in [4.78, 5) is 17.3. The Balaban J connectivity index is 1.53. The molecule has 4 heterocycles. The summed E-state index contributed by atoms with van der Waals surface area (Å²) in [7, 11) is 3.64. The van der Waals surface area contributed by atoms with Crippen LogP contribution in [0.15, 0.2) is 12.1 Å². The number of aliphatic hydroxyl groups is 2. The molecule has 0 aliphatic carbocycles. The summed E-state index contributed by atoms with van der Waals surface area (Å²) in [6, 6.07) is 5.48. The summed E-state index contributed by atoms with van der Waals surface area (Å²) in [6.45, 7) is 0.768. The molecule has 0 spiro atoms. The number of amides is 1. The molecule has 0 radical (unpaired) electrons. The number of anilines is 1. The van der Waals surface area contributed by atoms with Crippen LogP contribution < -0.4 is 15.4 Å². The van der Waals surface area contributed by atoms with Gasteiger partial charge in [-0.2, -0.15) is 5.26 Å². The molecule has 4 aliphatic heterocycles. The maximum atomic E-state index is 12.9. The number of carbonyl (C=O) groups excluding carboxylic acids is 1. The van der Waals surface area contributed by atoms with Gasteiger partial charge in [-0.3, -0.25) is 14.6 Å². The van der Waals surface area contributed by atoms with Gasteiger partial charge in [-0.25, -0.2) is 0 Å². The summed E-state index contributed by atoms with van der Waals surface area (Å²) >= 11 is 0. The highest BCUT2D eigenvalue weighted by molar-refractivity contribution is 5.96. The van der Waals surface area contributed by atoms with Gasteiger partial charge in [0, 0.05) is 36.2 Å². The van der Waals surface area contributed by atoms with Gasteiger partial charge in [0.15, 0.2) is 0 Å². The number of hydrogen-bond acceptors (Lipinski definition) is 8. The molecule has 1 aromatic carbocycles. The van der Waals surface area contributed by atoms with Gasteiger partial charge >= 0.3 is 0 Å². The fourth-order valence-electron chi connectivity index (χ4n) is 7.03. The van der Waals surface area contributed by atoms with E-state index < -0.39 is 12.1 Å². The van der Waals surface area contributed by atoms with E-state index in [1.165, 1.54) is 0 Å². The van der Waals surface area contributed by atoms with Crippen molar-refractivity contribution < 1.29 is 19.7 Å². The zero-order chi connectivity index (χ0) is 24.0. The summed E-state index contributed by atoms with van der Waals surface area (Å²) in [5, 5.41) is 37.2. The quantitative estimate of drug-likeness (QED) is 0.495. The molecular weight excluding hydrogens is 434 g/mol. The average Bonchev–Trinajstić information content (AvgIpc) is 3.11. The van der Waals surface area contributed by atoms with E-state index in [1.807, 2.05) is 12.1 Å². The molecule has 34 heavy (non-hydrogen) atoms. The Hall–Kier alpha value is -2.22. The first-order valence-electron chi connectivity index (χ1n) is 12.4. The number of nitrogens with one attached hydrogen (secondary N) is 2. The number of nitrogens with zero attached hydrogens (tertiary/aromatic N) is 3. The van der Waals surface area contributed by atoms with E-state index in [0.29, 0.717) is 17.9 Å². The van der Waals surface area contributed by atoms with E-state index in [0.717, 1.165) is 43.4 Å². The lowest BCUT2D eigenvalue weighted by atomic mass is 9.80. The molecule has 9 nitrogen and oxygen atoms in total. The zero-order valence-corrected chi connectivity index (χ0v) is 19.9. The van der Waals surface area contributed by atoms with Crippen LogP contribution in [0.1, 0.15) is 42.9 Å². The lowest BCUT2D eigenvalue weighted by molar-refractivity contribution is -0.118. The molecular formula is C25H35N5O4. The largest absolute Gasteiger partial charge is 0.494 e. The van der Waals surface area contributed by atoms with Crippen LogP contribution in [0.25, 0.3) is 0 Å². The fraction of sp³-hybridized carbons (Fsp3) is 0.680. The SMILES string of the molecule is COc1c(NC(=O)[C@@H]2CCCCN2)ccc2c1[C@H](CO)N1[C@H](C#N)[C@@H]3C[C@@H](CO)[C@H]([C@@H]1C2)N3C. The number of carbonyl (C=O) groups is 1. The molecule has 7 atom stereocenters. The smallest absolute Gasteiger partial charge is 0.241 e. The van der Waals surface area contributed by atoms with Gasteiger partial charge in [0.1, 0.15) is 11.8 Å². The molecule has 2 bridgehead atoms. The van der Waals surface area contributed by atoms with Crippen LogP contribution in [0.5, 0.6) is 5.75 Å². The van der Waals surface area contributed by atoms with Crippen LogP contribution in [-0.4, -0.2) is 90.0 Å². The number of ether oxygens (including phenoxy) is 1. The van der Waals surface area contributed by atoms with Gasteiger partial charge in [-0.1, -0.05) is 12.5 Å². The van der Waals surface area contributed by atoms with Gasteiger partial charge in [0.25, 0.3) is 0 Å². The molecule has 9 heteroatoms. The van der Waals surface area contributed by atoms with Crippen molar-refractivity contribution in [3.8, 4) is 11.8 Å². The Kier molecular flexibility index (Phi) is 6.53. The number of hydrogen-bond donors (Lipinski definition) is 4. The Labute approximate surface area is 200 Å².